The van der Waals surface area contributed by atoms with Crippen LogP contribution in [0.2, 0.25) is 5.02 Å². The molecule has 1 aliphatic rings. The number of nitrogens with zero attached hydrogens (tertiary/aromatic N) is 1. The van der Waals surface area contributed by atoms with Crippen LogP contribution < -0.4 is 10.6 Å². The maximum absolute atomic E-state index is 6.11. The molecule has 1 fully saturated rings. The van der Waals surface area contributed by atoms with Gasteiger partial charge in [0, 0.05) is 30.9 Å². The van der Waals surface area contributed by atoms with Gasteiger partial charge in [0.05, 0.1) is 6.10 Å². The van der Waals surface area contributed by atoms with E-state index in [0.29, 0.717) is 12.6 Å². The molecule has 2 N–H and O–H groups in total. The van der Waals surface area contributed by atoms with Gasteiger partial charge in [0.15, 0.2) is 0 Å². The van der Waals surface area contributed by atoms with Crippen LogP contribution in [0.4, 0.5) is 5.69 Å². The molecule has 1 aromatic rings. The van der Waals surface area contributed by atoms with Crippen molar-refractivity contribution >= 4 is 17.3 Å². The van der Waals surface area contributed by atoms with Crippen LogP contribution in [-0.4, -0.2) is 32.8 Å². The molecule has 4 heteroatoms. The van der Waals surface area contributed by atoms with Gasteiger partial charge in [-0.05, 0) is 49.9 Å². The number of benzene rings is 1. The molecule has 2 rings (SSSR count). The lowest BCUT2D eigenvalue weighted by Crippen LogP contribution is -2.33. The van der Waals surface area contributed by atoms with E-state index in [1.165, 1.54) is 24.1 Å². The summed E-state index contributed by atoms with van der Waals surface area (Å²) >= 11 is 6.11. The van der Waals surface area contributed by atoms with Gasteiger partial charge in [-0.1, -0.05) is 17.7 Å². The van der Waals surface area contributed by atoms with Crippen LogP contribution in [0.3, 0.4) is 0 Å². The zero-order chi connectivity index (χ0) is 13.7. The van der Waals surface area contributed by atoms with Gasteiger partial charge >= 0.3 is 0 Å². The van der Waals surface area contributed by atoms with E-state index in [1.807, 2.05) is 12.1 Å². The second-order valence-electron chi connectivity index (χ2n) is 5.18. The van der Waals surface area contributed by atoms with Crippen molar-refractivity contribution in [2.75, 3.05) is 31.6 Å². The molecular weight excluding hydrogens is 260 g/mol. The van der Waals surface area contributed by atoms with Crippen LogP contribution >= 0.6 is 11.6 Å². The average Bonchev–Trinajstić information content (AvgIpc) is 2.42. The van der Waals surface area contributed by atoms with Gasteiger partial charge in [-0.15, -0.1) is 0 Å². The molecular formula is C15H23ClN2O. The lowest BCUT2D eigenvalue weighted by Gasteiger charge is -2.30. The van der Waals surface area contributed by atoms with Gasteiger partial charge in [-0.2, -0.15) is 0 Å². The highest BCUT2D eigenvalue weighted by atomic mass is 35.5. The molecule has 0 aliphatic carbocycles. The summed E-state index contributed by atoms with van der Waals surface area (Å²) in [6, 6.07) is 6.03. The van der Waals surface area contributed by atoms with E-state index >= 15 is 0 Å². The third-order valence-corrected chi connectivity index (χ3v) is 3.86. The van der Waals surface area contributed by atoms with Crippen molar-refractivity contribution in [1.29, 1.82) is 0 Å². The Morgan fingerprint density at radius 2 is 2.26 bits per heavy atom. The van der Waals surface area contributed by atoms with Crippen molar-refractivity contribution in [3.05, 3.63) is 28.8 Å². The summed E-state index contributed by atoms with van der Waals surface area (Å²) in [5.74, 6) is 0. The molecule has 0 radical (unpaired) electrons. The summed E-state index contributed by atoms with van der Waals surface area (Å²) in [5.41, 5.74) is 8.10. The van der Waals surface area contributed by atoms with Crippen LogP contribution in [0.25, 0.3) is 0 Å². The molecule has 0 amide bonds. The van der Waals surface area contributed by atoms with Crippen LogP contribution in [0.5, 0.6) is 0 Å². The minimum atomic E-state index is 0.337. The number of ether oxygens (including phenoxy) is 1. The predicted molar refractivity (Wildman–Crippen MR) is 81.1 cm³/mol. The SMILES string of the molecule is CN(CC1CCCCO1)c1cc(Cl)ccc1CCN. The Labute approximate surface area is 120 Å². The Bertz CT molecular complexity index is 405. The number of anilines is 1. The number of halogens is 1. The number of hydrogen-bond donors (Lipinski definition) is 1. The second-order valence-corrected chi connectivity index (χ2v) is 5.62. The summed E-state index contributed by atoms with van der Waals surface area (Å²) in [5, 5.41) is 0.771. The summed E-state index contributed by atoms with van der Waals surface area (Å²) in [4.78, 5) is 2.24. The molecule has 1 atom stereocenters. The average molecular weight is 283 g/mol. The first-order chi connectivity index (χ1) is 9.20. The Kier molecular flexibility index (Phi) is 5.49. The predicted octanol–water partition coefficient (Wildman–Crippen LogP) is 2.85. The first kappa shape index (κ1) is 14.6. The Morgan fingerprint density at radius 1 is 1.42 bits per heavy atom. The molecule has 1 heterocycles. The van der Waals surface area contributed by atoms with Crippen molar-refractivity contribution in [3.8, 4) is 0 Å². The molecule has 106 valence electrons. The lowest BCUT2D eigenvalue weighted by molar-refractivity contribution is 0.0216. The zero-order valence-electron chi connectivity index (χ0n) is 11.6. The lowest BCUT2D eigenvalue weighted by atomic mass is 10.1. The zero-order valence-corrected chi connectivity index (χ0v) is 12.3. The van der Waals surface area contributed by atoms with Crippen LogP contribution in [0.1, 0.15) is 24.8 Å². The van der Waals surface area contributed by atoms with Gasteiger partial charge in [0.25, 0.3) is 0 Å². The minimum Gasteiger partial charge on any atom is -0.376 e. The summed E-state index contributed by atoms with van der Waals surface area (Å²) < 4.78 is 5.80. The molecule has 0 spiro atoms. The first-order valence-electron chi connectivity index (χ1n) is 7.02. The summed E-state index contributed by atoms with van der Waals surface area (Å²) in [7, 11) is 2.10. The van der Waals surface area contributed by atoms with E-state index < -0.39 is 0 Å². The van der Waals surface area contributed by atoms with Crippen molar-refractivity contribution in [2.45, 2.75) is 31.8 Å². The fraction of sp³-hybridized carbons (Fsp3) is 0.600. The molecule has 3 nitrogen and oxygen atoms in total. The van der Waals surface area contributed by atoms with Gasteiger partial charge < -0.3 is 15.4 Å². The maximum Gasteiger partial charge on any atom is 0.0749 e. The topological polar surface area (TPSA) is 38.5 Å². The Morgan fingerprint density at radius 3 is 2.95 bits per heavy atom. The number of rotatable bonds is 5. The fourth-order valence-corrected chi connectivity index (χ4v) is 2.78. The third kappa shape index (κ3) is 4.10. The fourth-order valence-electron chi connectivity index (χ4n) is 2.61. The molecule has 1 aliphatic heterocycles. The molecule has 19 heavy (non-hydrogen) atoms. The van der Waals surface area contributed by atoms with E-state index in [-0.39, 0.29) is 0 Å². The van der Waals surface area contributed by atoms with Crippen LogP contribution in [-0.2, 0) is 11.2 Å². The largest absolute Gasteiger partial charge is 0.376 e. The van der Waals surface area contributed by atoms with Crippen molar-refractivity contribution < 1.29 is 4.74 Å². The number of likely N-dealkylation sites (N-methyl/N-ethyl adjacent to an activating group) is 1. The highest BCUT2D eigenvalue weighted by molar-refractivity contribution is 6.30. The monoisotopic (exact) mass is 282 g/mol. The molecule has 1 unspecified atom stereocenters. The van der Waals surface area contributed by atoms with Crippen LogP contribution in [0.15, 0.2) is 18.2 Å². The van der Waals surface area contributed by atoms with Crippen molar-refractivity contribution in [3.63, 3.8) is 0 Å². The van der Waals surface area contributed by atoms with Gasteiger partial charge in [0.2, 0.25) is 0 Å². The Balaban J connectivity index is 2.07. The second kappa shape index (κ2) is 7.13. The van der Waals surface area contributed by atoms with E-state index in [9.17, 15) is 0 Å². The smallest absolute Gasteiger partial charge is 0.0749 e. The molecule has 1 saturated heterocycles. The van der Waals surface area contributed by atoms with E-state index in [0.717, 1.165) is 31.0 Å². The highest BCUT2D eigenvalue weighted by Crippen LogP contribution is 2.26. The standard InChI is InChI=1S/C15H23ClN2O/c1-18(11-14-4-2-3-9-19-14)15-10-13(16)6-5-12(15)7-8-17/h5-6,10,14H,2-4,7-9,11,17H2,1H3. The van der Waals surface area contributed by atoms with Crippen LogP contribution in [0, 0.1) is 0 Å². The first-order valence-corrected chi connectivity index (χ1v) is 7.39. The molecule has 0 aromatic heterocycles. The normalized spacial score (nSPS) is 19.4. The molecule has 1 aromatic carbocycles. The van der Waals surface area contributed by atoms with Gasteiger partial charge in [-0.3, -0.25) is 0 Å². The summed E-state index contributed by atoms with van der Waals surface area (Å²) in [6.45, 7) is 2.46. The van der Waals surface area contributed by atoms with Gasteiger partial charge in [-0.25, -0.2) is 0 Å². The van der Waals surface area contributed by atoms with E-state index in [4.69, 9.17) is 22.1 Å². The van der Waals surface area contributed by atoms with Crippen molar-refractivity contribution in [1.82, 2.24) is 0 Å². The molecule has 0 saturated carbocycles. The number of nitrogens with two attached hydrogens (primary N) is 1. The van der Waals surface area contributed by atoms with Crippen molar-refractivity contribution in [2.24, 2.45) is 5.73 Å². The molecule has 0 bridgehead atoms. The third-order valence-electron chi connectivity index (χ3n) is 3.62. The Hall–Kier alpha value is -0.770. The van der Waals surface area contributed by atoms with E-state index in [2.05, 4.69) is 18.0 Å². The number of hydrogen-bond acceptors (Lipinski definition) is 3. The van der Waals surface area contributed by atoms with E-state index in [1.54, 1.807) is 0 Å². The maximum atomic E-state index is 6.11. The minimum absolute atomic E-state index is 0.337. The highest BCUT2D eigenvalue weighted by Gasteiger charge is 2.17. The quantitative estimate of drug-likeness (QED) is 0.902. The summed E-state index contributed by atoms with van der Waals surface area (Å²) in [6.07, 6.45) is 4.82. The van der Waals surface area contributed by atoms with Gasteiger partial charge in [0.1, 0.15) is 0 Å².